The number of rotatable bonds is 2. The summed E-state index contributed by atoms with van der Waals surface area (Å²) in [6.45, 7) is 13.8. The van der Waals surface area contributed by atoms with Gasteiger partial charge in [0.1, 0.15) is 0 Å². The van der Waals surface area contributed by atoms with E-state index in [-0.39, 0.29) is 10.8 Å². The van der Waals surface area contributed by atoms with Gasteiger partial charge in [0.05, 0.1) is 0 Å². The molecule has 1 heterocycles. The van der Waals surface area contributed by atoms with Gasteiger partial charge in [-0.05, 0) is 73.0 Å². The Kier molecular flexibility index (Phi) is 4.35. The van der Waals surface area contributed by atoms with Gasteiger partial charge >= 0.3 is 0 Å². The SMILES string of the molecule is CC(C)(C)c1ccc2c(c1)-c1cc(C(C)(C)C)ccc1C2Cc1ccsc1. The Hall–Kier alpha value is -1.86. The van der Waals surface area contributed by atoms with Gasteiger partial charge in [0.15, 0.2) is 0 Å². The second-order valence-electron chi connectivity index (χ2n) is 9.99. The average Bonchev–Trinajstić information content (AvgIpc) is 3.20. The molecule has 0 amide bonds. The molecule has 0 saturated heterocycles. The molecule has 1 heteroatoms. The van der Waals surface area contributed by atoms with Crippen molar-refractivity contribution in [2.24, 2.45) is 0 Å². The molecule has 0 spiro atoms. The van der Waals surface area contributed by atoms with Crippen molar-refractivity contribution in [1.29, 1.82) is 0 Å². The topological polar surface area (TPSA) is 0 Å². The number of benzene rings is 2. The summed E-state index contributed by atoms with van der Waals surface area (Å²) >= 11 is 1.80. The van der Waals surface area contributed by atoms with Crippen LogP contribution in [-0.2, 0) is 17.3 Å². The lowest BCUT2D eigenvalue weighted by molar-refractivity contribution is 0.589. The summed E-state index contributed by atoms with van der Waals surface area (Å²) in [5.74, 6) is 0.465. The van der Waals surface area contributed by atoms with Gasteiger partial charge in [0, 0.05) is 5.92 Å². The van der Waals surface area contributed by atoms with E-state index in [4.69, 9.17) is 0 Å². The van der Waals surface area contributed by atoms with Crippen LogP contribution in [0.4, 0.5) is 0 Å². The Labute approximate surface area is 168 Å². The molecule has 0 N–H and O–H groups in total. The molecule has 0 nitrogen and oxygen atoms in total. The summed E-state index contributed by atoms with van der Waals surface area (Å²) < 4.78 is 0. The maximum atomic E-state index is 2.45. The van der Waals surface area contributed by atoms with Crippen LogP contribution < -0.4 is 0 Å². The third kappa shape index (κ3) is 3.38. The van der Waals surface area contributed by atoms with Gasteiger partial charge < -0.3 is 0 Å². The zero-order valence-corrected chi connectivity index (χ0v) is 18.2. The van der Waals surface area contributed by atoms with Crippen LogP contribution in [0.5, 0.6) is 0 Å². The highest BCUT2D eigenvalue weighted by Gasteiger charge is 2.31. The van der Waals surface area contributed by atoms with Gasteiger partial charge in [-0.3, -0.25) is 0 Å². The summed E-state index contributed by atoms with van der Waals surface area (Å²) in [5, 5.41) is 4.49. The first-order chi connectivity index (χ1) is 12.6. The standard InChI is InChI=1S/C26H30S/c1-25(2,3)18-7-9-20-22(13-17-11-12-27-16-17)21-10-8-19(26(4,5)6)15-24(21)23(20)14-18/h7-12,14-16,22H,13H2,1-6H3. The number of fused-ring (bicyclic) bond motifs is 3. The quantitative estimate of drug-likeness (QED) is 0.431. The van der Waals surface area contributed by atoms with Crippen molar-refractivity contribution in [2.75, 3.05) is 0 Å². The van der Waals surface area contributed by atoms with E-state index in [0.717, 1.165) is 6.42 Å². The Bertz CT molecular complexity index is 899. The minimum atomic E-state index is 0.169. The summed E-state index contributed by atoms with van der Waals surface area (Å²) in [6.07, 6.45) is 1.09. The fraction of sp³-hybridized carbons (Fsp3) is 0.385. The third-order valence-corrected chi connectivity index (χ3v) is 6.63. The highest BCUT2D eigenvalue weighted by Crippen LogP contribution is 2.48. The largest absolute Gasteiger partial charge is 0.152 e. The second-order valence-corrected chi connectivity index (χ2v) is 10.8. The average molecular weight is 375 g/mol. The van der Waals surface area contributed by atoms with Gasteiger partial charge in [0.2, 0.25) is 0 Å². The Balaban J connectivity index is 1.89. The van der Waals surface area contributed by atoms with E-state index in [1.807, 2.05) is 0 Å². The molecule has 1 aliphatic carbocycles. The Morgan fingerprint density at radius 3 is 1.67 bits per heavy atom. The number of thiophene rings is 1. The van der Waals surface area contributed by atoms with Crippen LogP contribution in [0.1, 0.15) is 75.3 Å². The molecule has 0 bridgehead atoms. The molecule has 140 valence electrons. The summed E-state index contributed by atoms with van der Waals surface area (Å²) in [7, 11) is 0. The fourth-order valence-electron chi connectivity index (χ4n) is 4.15. The predicted octanol–water partition coefficient (Wildman–Crippen LogP) is 7.70. The van der Waals surface area contributed by atoms with Crippen LogP contribution in [0, 0.1) is 0 Å². The van der Waals surface area contributed by atoms with Crippen LogP contribution in [0.2, 0.25) is 0 Å². The number of hydrogen-bond donors (Lipinski definition) is 0. The van der Waals surface area contributed by atoms with Gasteiger partial charge in [0.25, 0.3) is 0 Å². The minimum absolute atomic E-state index is 0.169. The van der Waals surface area contributed by atoms with Gasteiger partial charge in [-0.2, -0.15) is 11.3 Å². The first kappa shape index (κ1) is 18.5. The molecule has 0 unspecified atom stereocenters. The van der Waals surface area contributed by atoms with E-state index in [1.165, 1.54) is 38.9 Å². The Morgan fingerprint density at radius 1 is 0.741 bits per heavy atom. The Morgan fingerprint density at radius 2 is 1.26 bits per heavy atom. The van der Waals surface area contributed by atoms with E-state index in [9.17, 15) is 0 Å². The molecule has 0 saturated carbocycles. The highest BCUT2D eigenvalue weighted by atomic mass is 32.1. The maximum absolute atomic E-state index is 2.45. The summed E-state index contributed by atoms with van der Waals surface area (Å²) in [6, 6.07) is 16.7. The molecule has 27 heavy (non-hydrogen) atoms. The van der Waals surface area contributed by atoms with E-state index < -0.39 is 0 Å². The molecule has 0 aliphatic heterocycles. The first-order valence-electron chi connectivity index (χ1n) is 9.95. The molecule has 1 aliphatic rings. The monoisotopic (exact) mass is 374 g/mol. The van der Waals surface area contributed by atoms with Crippen molar-refractivity contribution in [3.8, 4) is 11.1 Å². The first-order valence-corrected chi connectivity index (χ1v) is 10.9. The molecule has 0 atom stereocenters. The molecule has 1 aromatic heterocycles. The van der Waals surface area contributed by atoms with Gasteiger partial charge in [-0.1, -0.05) is 77.9 Å². The molecule has 0 fully saturated rings. The van der Waals surface area contributed by atoms with Crippen LogP contribution in [0.15, 0.2) is 53.2 Å². The zero-order chi connectivity index (χ0) is 19.4. The van der Waals surface area contributed by atoms with E-state index in [0.29, 0.717) is 5.92 Å². The van der Waals surface area contributed by atoms with Crippen LogP contribution >= 0.6 is 11.3 Å². The molecule has 4 rings (SSSR count). The van der Waals surface area contributed by atoms with Crippen LogP contribution in [0.3, 0.4) is 0 Å². The van der Waals surface area contributed by atoms with Gasteiger partial charge in [-0.15, -0.1) is 0 Å². The van der Waals surface area contributed by atoms with Crippen molar-refractivity contribution in [2.45, 2.75) is 64.7 Å². The summed E-state index contributed by atoms with van der Waals surface area (Å²) in [4.78, 5) is 0. The number of hydrogen-bond acceptors (Lipinski definition) is 1. The summed E-state index contributed by atoms with van der Waals surface area (Å²) in [5.41, 5.74) is 10.5. The fourth-order valence-corrected chi connectivity index (χ4v) is 4.83. The zero-order valence-electron chi connectivity index (χ0n) is 17.4. The van der Waals surface area contributed by atoms with Crippen molar-refractivity contribution in [3.63, 3.8) is 0 Å². The van der Waals surface area contributed by atoms with Gasteiger partial charge in [-0.25, -0.2) is 0 Å². The van der Waals surface area contributed by atoms with E-state index >= 15 is 0 Å². The van der Waals surface area contributed by atoms with Crippen molar-refractivity contribution < 1.29 is 0 Å². The lowest BCUT2D eigenvalue weighted by atomic mass is 9.83. The van der Waals surface area contributed by atoms with Crippen molar-refractivity contribution >= 4 is 11.3 Å². The minimum Gasteiger partial charge on any atom is -0.152 e. The highest BCUT2D eigenvalue weighted by molar-refractivity contribution is 7.07. The molecule has 2 aromatic carbocycles. The molecular weight excluding hydrogens is 344 g/mol. The molecule has 0 radical (unpaired) electrons. The van der Waals surface area contributed by atoms with Crippen molar-refractivity contribution in [1.82, 2.24) is 0 Å². The van der Waals surface area contributed by atoms with Crippen LogP contribution in [-0.4, -0.2) is 0 Å². The lowest BCUT2D eigenvalue weighted by Gasteiger charge is -2.21. The molecular formula is C26H30S. The maximum Gasteiger partial charge on any atom is 0.0142 e. The van der Waals surface area contributed by atoms with Crippen molar-refractivity contribution in [3.05, 3.63) is 81.0 Å². The third-order valence-electron chi connectivity index (χ3n) is 5.90. The predicted molar refractivity (Wildman–Crippen MR) is 119 cm³/mol. The van der Waals surface area contributed by atoms with Crippen LogP contribution in [0.25, 0.3) is 11.1 Å². The van der Waals surface area contributed by atoms with E-state index in [1.54, 1.807) is 11.3 Å². The smallest absolute Gasteiger partial charge is 0.0142 e. The van der Waals surface area contributed by atoms with E-state index in [2.05, 4.69) is 94.8 Å². The lowest BCUT2D eigenvalue weighted by Crippen LogP contribution is -2.11. The molecule has 3 aromatic rings. The normalized spacial score (nSPS) is 14.3. The second kappa shape index (κ2) is 6.34.